The van der Waals surface area contributed by atoms with E-state index in [1.165, 1.54) is 29.7 Å². The van der Waals surface area contributed by atoms with E-state index in [-0.39, 0.29) is 49.4 Å². The number of alkyl halides is 6. The number of carbonyl (C=O) groups excluding carboxylic acids is 2. The van der Waals surface area contributed by atoms with Gasteiger partial charge in [-0.3, -0.25) is 14.6 Å². The quantitative estimate of drug-likeness (QED) is 0.115. The van der Waals surface area contributed by atoms with Crippen molar-refractivity contribution < 1.29 is 40.5 Å². The lowest BCUT2D eigenvalue weighted by atomic mass is 9.89. The maximum atomic E-state index is 14.4. The van der Waals surface area contributed by atoms with Crippen molar-refractivity contribution in [1.29, 1.82) is 0 Å². The van der Waals surface area contributed by atoms with E-state index in [0.29, 0.717) is 47.2 Å². The third-order valence-corrected chi connectivity index (χ3v) is 8.46. The van der Waals surface area contributed by atoms with Gasteiger partial charge in [-0.1, -0.05) is 31.4 Å². The van der Waals surface area contributed by atoms with E-state index in [1.807, 2.05) is 6.92 Å². The van der Waals surface area contributed by atoms with E-state index in [2.05, 4.69) is 16.2 Å². The number of aryl methyl sites for hydroxylation is 1. The number of halogens is 6. The molecule has 0 saturated carbocycles. The standard InChI is InChI=1S/C36H38F6N3O2/c1-5-7-14-32(46)28-18-24(6-2)17-22(3)27(28)20-33(47)31-19-26(16-15-25-21-43-34(23(4)44-25)36(40,41)42)45(31)30-13-11-9-8-10-12-29(30)35(37,38)39/h2,8,10,12-13,17-19,23,25,44H,5,7,9,11,14-16,20-21H2,1,3-4H3/q+1. The summed E-state index contributed by atoms with van der Waals surface area (Å²) in [6, 6.07) is 1.79. The van der Waals surface area contributed by atoms with Crippen molar-refractivity contribution in [3.8, 4) is 12.3 Å². The van der Waals surface area contributed by atoms with Crippen molar-refractivity contribution in [1.82, 2.24) is 5.32 Å². The molecule has 2 unspecified atom stereocenters. The Morgan fingerprint density at radius 3 is 2.49 bits per heavy atom. The number of Topliss-reactive ketones (excluding diaryl/α,β-unsaturated/α-hetero) is 2. The van der Waals surface area contributed by atoms with Crippen molar-refractivity contribution in [2.45, 2.75) is 96.6 Å². The molecule has 1 aliphatic carbocycles. The Morgan fingerprint density at radius 2 is 1.85 bits per heavy atom. The number of aliphatic imine (C=N–C) groups is 1. The minimum Gasteiger partial charge on any atom is -0.304 e. The first-order valence-corrected chi connectivity index (χ1v) is 15.7. The highest BCUT2D eigenvalue weighted by atomic mass is 19.4. The van der Waals surface area contributed by atoms with Crippen molar-refractivity contribution in [2.24, 2.45) is 4.99 Å². The molecular formula is C36H38F6N3O2+. The predicted octanol–water partition coefficient (Wildman–Crippen LogP) is 7.68. The van der Waals surface area contributed by atoms with Gasteiger partial charge in [-0.25, -0.2) is 0 Å². The molecule has 2 atom stereocenters. The molecule has 0 aromatic heterocycles. The number of unbranched alkanes of at least 4 members (excludes halogenated alkanes) is 1. The summed E-state index contributed by atoms with van der Waals surface area (Å²) in [7, 11) is 0. The Morgan fingerprint density at radius 1 is 1.11 bits per heavy atom. The highest BCUT2D eigenvalue weighted by molar-refractivity contribution is 6.44. The fourth-order valence-corrected chi connectivity index (χ4v) is 6.04. The molecule has 47 heavy (non-hydrogen) atoms. The largest absolute Gasteiger partial charge is 0.430 e. The van der Waals surface area contributed by atoms with Crippen molar-refractivity contribution >= 4 is 23.0 Å². The summed E-state index contributed by atoms with van der Waals surface area (Å²) in [5.74, 6) is 1.89. The van der Waals surface area contributed by atoms with Gasteiger partial charge in [0.25, 0.3) is 5.71 Å². The van der Waals surface area contributed by atoms with Crippen LogP contribution in [0.15, 0.2) is 64.5 Å². The molecule has 0 spiro atoms. The van der Waals surface area contributed by atoms with Gasteiger partial charge in [0.1, 0.15) is 11.3 Å². The van der Waals surface area contributed by atoms with Crippen LogP contribution in [-0.4, -0.2) is 58.5 Å². The average Bonchev–Trinajstić information content (AvgIpc) is 2.96. The number of allylic oxidation sites excluding steroid dienone is 7. The number of hydrogen-bond acceptors (Lipinski definition) is 4. The SMILES string of the molecule is C#Cc1cc(C)c(CC(=O)C2=[N+](C3=CCCC=CC=C3C(F)(F)F)C(CCC3CN=C(C(F)(F)F)C(C)N3)=C2)c(C(=O)CCCC)c1. The van der Waals surface area contributed by atoms with E-state index >= 15 is 0 Å². The molecule has 1 N–H and O–H groups in total. The normalized spacial score (nSPS) is 20.3. The highest BCUT2D eigenvalue weighted by Crippen LogP contribution is 2.37. The number of terminal acetylenes is 1. The van der Waals surface area contributed by atoms with Gasteiger partial charge < -0.3 is 5.32 Å². The molecule has 2 aliphatic heterocycles. The number of nitrogens with one attached hydrogen (secondary N) is 1. The molecule has 11 heteroatoms. The van der Waals surface area contributed by atoms with E-state index in [1.54, 1.807) is 25.1 Å². The first kappa shape index (κ1) is 35.8. The Labute approximate surface area is 270 Å². The molecule has 3 aliphatic rings. The molecule has 0 amide bonds. The number of benzene rings is 1. The molecule has 2 heterocycles. The van der Waals surface area contributed by atoms with Gasteiger partial charge in [0.15, 0.2) is 11.5 Å². The van der Waals surface area contributed by atoms with E-state index in [4.69, 9.17) is 6.42 Å². The fourth-order valence-electron chi connectivity index (χ4n) is 6.04. The monoisotopic (exact) mass is 658 g/mol. The third-order valence-electron chi connectivity index (χ3n) is 8.46. The second kappa shape index (κ2) is 14.8. The second-order valence-corrected chi connectivity index (χ2v) is 12.0. The molecule has 1 aromatic rings. The zero-order valence-electron chi connectivity index (χ0n) is 26.6. The van der Waals surface area contributed by atoms with Crippen LogP contribution >= 0.6 is 0 Å². The summed E-state index contributed by atoms with van der Waals surface area (Å²) in [5, 5.41) is 2.90. The molecule has 0 saturated heterocycles. The Kier molecular flexibility index (Phi) is 11.3. The van der Waals surface area contributed by atoms with E-state index < -0.39 is 41.5 Å². The van der Waals surface area contributed by atoms with E-state index in [0.717, 1.165) is 12.5 Å². The van der Waals surface area contributed by atoms with Gasteiger partial charge in [0.05, 0.1) is 18.7 Å². The lowest BCUT2D eigenvalue weighted by Gasteiger charge is -2.30. The number of nitrogens with zero attached hydrogens (tertiary/aromatic N) is 2. The average molecular weight is 659 g/mol. The highest BCUT2D eigenvalue weighted by Gasteiger charge is 2.47. The van der Waals surface area contributed by atoms with Crippen LogP contribution in [0.4, 0.5) is 26.3 Å². The van der Waals surface area contributed by atoms with Gasteiger partial charge in [-0.2, -0.15) is 30.9 Å². The molecular weight excluding hydrogens is 620 g/mol. The lowest BCUT2D eigenvalue weighted by molar-refractivity contribution is -0.435. The Hall–Kier alpha value is -4.04. The van der Waals surface area contributed by atoms with Crippen LogP contribution in [0, 0.1) is 19.3 Å². The van der Waals surface area contributed by atoms with Crippen LogP contribution in [0.5, 0.6) is 0 Å². The third kappa shape index (κ3) is 8.47. The van der Waals surface area contributed by atoms with Crippen molar-refractivity contribution in [3.63, 3.8) is 0 Å². The molecule has 1 aromatic carbocycles. The van der Waals surface area contributed by atoms with Crippen LogP contribution in [0.2, 0.25) is 0 Å². The zero-order chi connectivity index (χ0) is 34.5. The molecule has 0 radical (unpaired) electrons. The summed E-state index contributed by atoms with van der Waals surface area (Å²) in [6.07, 6.45) is 5.99. The van der Waals surface area contributed by atoms with Gasteiger partial charge in [0, 0.05) is 36.4 Å². The Bertz CT molecular complexity index is 1650. The minimum atomic E-state index is -4.73. The molecule has 0 fully saturated rings. The first-order valence-electron chi connectivity index (χ1n) is 15.7. The number of rotatable bonds is 11. The summed E-state index contributed by atoms with van der Waals surface area (Å²) < 4.78 is 84.3. The molecule has 5 nitrogen and oxygen atoms in total. The van der Waals surface area contributed by atoms with Crippen molar-refractivity contribution in [3.05, 3.63) is 81.7 Å². The lowest BCUT2D eigenvalue weighted by Crippen LogP contribution is -2.51. The van der Waals surface area contributed by atoms with Crippen LogP contribution in [0.25, 0.3) is 0 Å². The molecule has 250 valence electrons. The Balaban J connectivity index is 1.69. The summed E-state index contributed by atoms with van der Waals surface area (Å²) >= 11 is 0. The topological polar surface area (TPSA) is 61.5 Å². The van der Waals surface area contributed by atoms with Crippen LogP contribution < -0.4 is 5.32 Å². The number of hydrogen-bond donors (Lipinski definition) is 1. The molecule has 0 bridgehead atoms. The summed E-state index contributed by atoms with van der Waals surface area (Å²) in [4.78, 5) is 30.8. The maximum Gasteiger partial charge on any atom is 0.430 e. The second-order valence-electron chi connectivity index (χ2n) is 12.0. The van der Waals surface area contributed by atoms with Gasteiger partial charge in [-0.15, -0.1) is 6.42 Å². The first-order chi connectivity index (χ1) is 22.1. The fraction of sp³-hybridized carbons (Fsp3) is 0.444. The van der Waals surface area contributed by atoms with Gasteiger partial charge in [-0.05, 0) is 74.9 Å². The zero-order valence-corrected chi connectivity index (χ0v) is 26.6. The smallest absolute Gasteiger partial charge is 0.304 e. The maximum absolute atomic E-state index is 14.4. The minimum absolute atomic E-state index is 0.0423. The number of carbonyl (C=O) groups is 2. The van der Waals surface area contributed by atoms with Crippen LogP contribution in [0.1, 0.15) is 85.8 Å². The van der Waals surface area contributed by atoms with Crippen molar-refractivity contribution in [2.75, 3.05) is 6.54 Å². The van der Waals surface area contributed by atoms with Crippen LogP contribution in [-0.2, 0) is 11.2 Å². The van der Waals surface area contributed by atoms with Gasteiger partial charge >= 0.3 is 12.4 Å². The van der Waals surface area contributed by atoms with Gasteiger partial charge in [0.2, 0.25) is 11.5 Å². The van der Waals surface area contributed by atoms with Crippen LogP contribution in [0.3, 0.4) is 0 Å². The summed E-state index contributed by atoms with van der Waals surface area (Å²) in [6.45, 7) is 4.92. The predicted molar refractivity (Wildman–Crippen MR) is 170 cm³/mol. The summed E-state index contributed by atoms with van der Waals surface area (Å²) in [5.41, 5.74) is 0.406. The number of ketones is 2. The molecule has 4 rings (SSSR count). The van der Waals surface area contributed by atoms with E-state index in [9.17, 15) is 35.9 Å².